The fourth-order valence-corrected chi connectivity index (χ4v) is 6.37. The second kappa shape index (κ2) is 53.1. The molecule has 1 rings (SSSR count). The molecule has 0 heterocycles. The summed E-state index contributed by atoms with van der Waals surface area (Å²) in [6, 6.07) is 8.68. The number of nitrogens with one attached hydrogen (secondary N) is 6. The predicted molar refractivity (Wildman–Crippen MR) is 296 cm³/mol. The summed E-state index contributed by atoms with van der Waals surface area (Å²) in [5, 5.41) is 14.1. The van der Waals surface area contributed by atoms with Crippen molar-refractivity contribution in [1.29, 1.82) is 0 Å². The van der Waals surface area contributed by atoms with Crippen molar-refractivity contribution >= 4 is 41.2 Å². The number of benzene rings is 1. The number of carbonyl (C=O) groups is 7. The van der Waals surface area contributed by atoms with Crippen LogP contribution >= 0.6 is 0 Å². The van der Waals surface area contributed by atoms with E-state index in [0.29, 0.717) is 70.0 Å². The third kappa shape index (κ3) is 58.6. The Morgan fingerprint density at radius 3 is 1.02 bits per heavy atom. The normalized spacial score (nSPS) is 11.5. The number of amides is 4. The number of hydrogen-bond donors (Lipinski definition) is 8. The van der Waals surface area contributed by atoms with Gasteiger partial charge in [0.15, 0.2) is 0 Å². The van der Waals surface area contributed by atoms with E-state index in [0.717, 1.165) is 37.5 Å². The topological polar surface area (TPSA) is 256 Å². The van der Waals surface area contributed by atoms with Gasteiger partial charge in [-0.05, 0) is 122 Å². The first-order chi connectivity index (χ1) is 40.9. The quantitative estimate of drug-likeness (QED) is 0.0226. The Kier molecular flexibility index (Phi) is 55.0. The molecular formula is C54H89F18N9O8. The number of nitrogens with two attached hydrogens (primary N) is 2. The lowest BCUT2D eigenvalue weighted by molar-refractivity contribution is -0.173. The van der Waals surface area contributed by atoms with Gasteiger partial charge in [0.25, 0.3) is 0 Å². The van der Waals surface area contributed by atoms with E-state index in [4.69, 9.17) is 16.2 Å². The Labute approximate surface area is 507 Å². The number of rotatable bonds is 39. The molecule has 0 fully saturated rings. The molecule has 0 spiro atoms. The summed E-state index contributed by atoms with van der Waals surface area (Å²) in [6.07, 6.45) is -24.5. The molecule has 0 bridgehead atoms. The molecule has 0 aliphatic rings. The Morgan fingerprint density at radius 2 is 0.685 bits per heavy atom. The molecule has 0 aliphatic carbocycles. The van der Waals surface area contributed by atoms with E-state index >= 15 is 0 Å². The fourth-order valence-electron chi connectivity index (χ4n) is 6.37. The van der Waals surface area contributed by atoms with Gasteiger partial charge in [-0.15, -0.1) is 0 Å². The van der Waals surface area contributed by atoms with E-state index < -0.39 is 97.5 Å². The first-order valence-electron chi connectivity index (χ1n) is 28.3. The highest BCUT2D eigenvalue weighted by molar-refractivity contribution is 5.85. The van der Waals surface area contributed by atoms with Gasteiger partial charge >= 0.3 is 60.9 Å². The predicted octanol–water partition coefficient (Wildman–Crippen LogP) is 10.4. The van der Waals surface area contributed by atoms with Gasteiger partial charge in [0.2, 0.25) is 17.3 Å². The van der Waals surface area contributed by atoms with Gasteiger partial charge in [0.05, 0.1) is 0 Å². The zero-order valence-electron chi connectivity index (χ0n) is 49.2. The molecule has 0 radical (unpaired) electrons. The van der Waals surface area contributed by atoms with Gasteiger partial charge in [0, 0.05) is 65.1 Å². The summed E-state index contributed by atoms with van der Waals surface area (Å²) >= 11 is 0. The van der Waals surface area contributed by atoms with E-state index in [1.807, 2.05) is 13.8 Å². The average molecular weight is 1330 g/mol. The van der Waals surface area contributed by atoms with Gasteiger partial charge in [-0.25, -0.2) is 4.79 Å². The monoisotopic (exact) mass is 1330 g/mol. The first-order valence-corrected chi connectivity index (χ1v) is 28.3. The molecule has 0 atom stereocenters. The number of nitrogens with zero attached hydrogens (tertiary/aromatic N) is 1. The van der Waals surface area contributed by atoms with E-state index in [2.05, 4.69) is 16.0 Å². The van der Waals surface area contributed by atoms with Crippen LogP contribution in [0.3, 0.4) is 0 Å². The molecule has 0 aliphatic heterocycles. The number of Topliss-reactive ketones (excluding diaryl/α,β-unsaturated/α-hetero) is 3. The van der Waals surface area contributed by atoms with Crippen molar-refractivity contribution in [2.75, 3.05) is 85.1 Å². The highest BCUT2D eigenvalue weighted by Gasteiger charge is 2.41. The molecule has 524 valence electrons. The number of halogens is 18. The van der Waals surface area contributed by atoms with Crippen LogP contribution < -0.4 is 43.4 Å². The van der Waals surface area contributed by atoms with Crippen molar-refractivity contribution < 1.29 is 117 Å². The van der Waals surface area contributed by atoms with Gasteiger partial charge < -0.3 is 53.0 Å². The van der Waals surface area contributed by atoms with E-state index in [1.54, 1.807) is 46.3 Å². The van der Waals surface area contributed by atoms with Gasteiger partial charge in [-0.2, -0.15) is 79.0 Å². The van der Waals surface area contributed by atoms with Crippen LogP contribution in [0.25, 0.3) is 0 Å². The number of unbranched alkanes of at least 4 members (excludes halogenated alkanes) is 8. The molecule has 0 aromatic heterocycles. The van der Waals surface area contributed by atoms with Crippen LogP contribution in [0.4, 0.5) is 83.8 Å². The number of alkyl halides is 18. The summed E-state index contributed by atoms with van der Waals surface area (Å²) in [7, 11) is 0. The van der Waals surface area contributed by atoms with E-state index in [1.165, 1.54) is 12.8 Å². The number of ether oxygens (including phenoxy) is 1. The summed E-state index contributed by atoms with van der Waals surface area (Å²) < 4.78 is 220. The maximum Gasteiger partial charge on any atom is 0.471 e. The molecule has 17 nitrogen and oxygen atoms in total. The second-order valence-electron chi connectivity index (χ2n) is 18.4. The summed E-state index contributed by atoms with van der Waals surface area (Å²) in [4.78, 5) is 77.1. The van der Waals surface area contributed by atoms with Crippen LogP contribution in [0.2, 0.25) is 0 Å². The number of hydrogen-bond acceptors (Lipinski definition) is 13. The van der Waals surface area contributed by atoms with Crippen molar-refractivity contribution in [2.45, 2.75) is 181 Å². The van der Waals surface area contributed by atoms with Crippen molar-refractivity contribution in [3.63, 3.8) is 0 Å². The van der Waals surface area contributed by atoms with E-state index in [9.17, 15) is 113 Å². The minimum Gasteiger partial charge on any atom is -0.445 e. The van der Waals surface area contributed by atoms with Gasteiger partial charge in [0.1, 0.15) is 6.61 Å². The Hall–Kier alpha value is -5.55. The molecule has 89 heavy (non-hydrogen) atoms. The standard InChI is InChI=1S/C20H24F6N2O4.2C12H18F6N2O2.C7H19N3.C2H6.CH4/c21-19(22,23)16(29)10-7-13-28(18(31)32-14-15-8-3-1-4-9-15)12-6-2-5-11-27-17(30)20(24,25)26;2*13-11(14,15)9(21)5-4-7-19-6-2-1-3-8-20-10(22)12(16,17)18;8-4-2-1-3-6-10-7-5-9;1-2;/h1,3-4,8-9H,2,5-7,10-14H2,(H,27,30);2*19H,1-8H2,(H,20,22);10H,1-9H2;1-2H3;1H4. The Balaban J connectivity index is -0.000000368. The van der Waals surface area contributed by atoms with Gasteiger partial charge in [-0.1, -0.05) is 70.9 Å². The number of carbonyl (C=O) groups excluding carboxylic acids is 7. The van der Waals surface area contributed by atoms with Crippen LogP contribution in [-0.4, -0.2) is 168 Å². The van der Waals surface area contributed by atoms with E-state index in [-0.39, 0.29) is 85.5 Å². The smallest absolute Gasteiger partial charge is 0.445 e. The first kappa shape index (κ1) is 92.2. The van der Waals surface area contributed by atoms with Gasteiger partial charge in [-0.3, -0.25) is 28.8 Å². The van der Waals surface area contributed by atoms with Crippen LogP contribution in [0, 0.1) is 0 Å². The minimum atomic E-state index is -4.97. The average Bonchev–Trinajstić information content (AvgIpc) is 3.61. The minimum absolute atomic E-state index is 0. The van der Waals surface area contributed by atoms with Crippen LogP contribution in [0.1, 0.15) is 142 Å². The van der Waals surface area contributed by atoms with Crippen LogP contribution in [0.15, 0.2) is 30.3 Å². The molecule has 4 amide bonds. The zero-order valence-corrected chi connectivity index (χ0v) is 49.2. The molecule has 35 heteroatoms. The molecule has 0 saturated carbocycles. The van der Waals surface area contributed by atoms with Crippen molar-refractivity contribution in [3.05, 3.63) is 35.9 Å². The lowest BCUT2D eigenvalue weighted by Crippen LogP contribution is -2.37. The third-order valence-corrected chi connectivity index (χ3v) is 10.9. The molecule has 0 unspecified atom stereocenters. The Morgan fingerprint density at radius 1 is 0.382 bits per heavy atom. The molecular weight excluding hydrogens is 1240 g/mol. The summed E-state index contributed by atoms with van der Waals surface area (Å²) in [5.74, 6) is -11.4. The highest BCUT2D eigenvalue weighted by Crippen LogP contribution is 2.21. The van der Waals surface area contributed by atoms with Crippen LogP contribution in [-0.2, 0) is 40.1 Å². The molecule has 1 aromatic carbocycles. The Bertz CT molecular complexity index is 1860. The van der Waals surface area contributed by atoms with Crippen molar-refractivity contribution in [3.8, 4) is 0 Å². The van der Waals surface area contributed by atoms with Crippen molar-refractivity contribution in [2.24, 2.45) is 11.5 Å². The molecule has 1 aromatic rings. The lowest BCUT2D eigenvalue weighted by atomic mass is 10.2. The fraction of sp³-hybridized carbons (Fsp3) is 0.759. The summed E-state index contributed by atoms with van der Waals surface area (Å²) in [6.45, 7) is 8.52. The maximum absolute atomic E-state index is 12.3. The number of ketones is 3. The molecule has 0 saturated heterocycles. The van der Waals surface area contributed by atoms with Crippen molar-refractivity contribution in [1.82, 2.24) is 36.8 Å². The van der Waals surface area contributed by atoms with Crippen LogP contribution in [0.5, 0.6) is 0 Å². The zero-order chi connectivity index (χ0) is 68.3. The lowest BCUT2D eigenvalue weighted by Gasteiger charge is -2.22. The second-order valence-corrected chi connectivity index (χ2v) is 18.4. The third-order valence-electron chi connectivity index (χ3n) is 10.9. The SMILES string of the molecule is C.CC.NCCCCCNCCN.O=C(CCCNCCCCCNC(=O)C(F)(F)F)C(F)(F)F.O=C(CCCNCCCCCNC(=O)C(F)(F)F)C(F)(F)F.O=C(OCc1ccccc1)N(CCCCCNC(=O)C(F)(F)F)CCCC(=O)C(F)(F)F. The highest BCUT2D eigenvalue weighted by atomic mass is 19.4. The summed E-state index contributed by atoms with van der Waals surface area (Å²) in [5.41, 5.74) is 11.3. The maximum atomic E-state index is 12.3. The molecule has 10 N–H and O–H groups in total. The largest absolute Gasteiger partial charge is 0.471 e.